The van der Waals surface area contributed by atoms with Crippen LogP contribution in [0.5, 0.6) is 11.5 Å². The number of carbonyl (C=O) groups excluding carboxylic acids is 6. The normalized spacial score (nSPS) is 10.5. The van der Waals surface area contributed by atoms with Crippen molar-refractivity contribution in [1.29, 1.82) is 0 Å². The van der Waals surface area contributed by atoms with Gasteiger partial charge in [0, 0.05) is 29.4 Å². The van der Waals surface area contributed by atoms with Gasteiger partial charge in [0.2, 0.25) is 0 Å². The summed E-state index contributed by atoms with van der Waals surface area (Å²) in [7, 11) is 0. The quantitative estimate of drug-likeness (QED) is 0.0153. The third-order valence-corrected chi connectivity index (χ3v) is 20.3. The van der Waals surface area contributed by atoms with Crippen LogP contribution in [-0.2, 0) is 68.1 Å². The molecule has 0 fully saturated rings. The molecular weight excluding hydrogens is 1620 g/mol. The Balaban J connectivity index is 0.000000191. The number of carbonyl (C=O) groups is 12. The van der Waals surface area contributed by atoms with Crippen LogP contribution >= 0.6 is 35.3 Å². The van der Waals surface area contributed by atoms with Gasteiger partial charge in [0.15, 0.2) is 0 Å². The number of phenolic OH excluding ortho intramolecular Hbond substituents is 2. The highest BCUT2D eigenvalue weighted by atomic mass is 32.2. The molecule has 0 bridgehead atoms. The van der Waals surface area contributed by atoms with E-state index < -0.39 is 71.6 Å². The first-order chi connectivity index (χ1) is 58.0. The molecule has 0 amide bonds. The van der Waals surface area contributed by atoms with Crippen LogP contribution < -0.4 is 0 Å². The molecule has 12 aromatic carbocycles. The Kier molecular flexibility index (Phi) is 30.8. The van der Waals surface area contributed by atoms with Gasteiger partial charge in [0.25, 0.3) is 0 Å². The van der Waals surface area contributed by atoms with Crippen LogP contribution in [0.3, 0.4) is 0 Å². The van der Waals surface area contributed by atoms with Crippen LogP contribution in [0.15, 0.2) is 296 Å². The van der Waals surface area contributed by atoms with Gasteiger partial charge in [-0.25, -0.2) is 57.5 Å². The van der Waals surface area contributed by atoms with E-state index in [0.717, 1.165) is 68.7 Å². The smallest absolute Gasteiger partial charge is 0.339 e. The minimum Gasteiger partial charge on any atom is -0.508 e. The minimum absolute atomic E-state index is 0.00565. The first kappa shape index (κ1) is 88.3. The van der Waals surface area contributed by atoms with Crippen LogP contribution in [0, 0.1) is 13.8 Å². The van der Waals surface area contributed by atoms with Gasteiger partial charge in [0.05, 0.1) is 66.8 Å². The summed E-state index contributed by atoms with van der Waals surface area (Å²) in [6.45, 7) is 3.52. The lowest BCUT2D eigenvalue weighted by molar-refractivity contribution is 0.0457. The second kappa shape index (κ2) is 42.2. The molecule has 0 saturated carbocycles. The molecule has 0 saturated heterocycles. The Morgan fingerprint density at radius 2 is 0.397 bits per heavy atom. The maximum atomic E-state index is 12.8. The summed E-state index contributed by atoms with van der Waals surface area (Å²) in [6.07, 6.45) is 0. The van der Waals surface area contributed by atoms with E-state index in [4.69, 9.17) is 28.4 Å². The van der Waals surface area contributed by atoms with Crippen molar-refractivity contribution < 1.29 is 127 Å². The zero-order valence-corrected chi connectivity index (χ0v) is 66.2. The van der Waals surface area contributed by atoms with E-state index >= 15 is 0 Å². The van der Waals surface area contributed by atoms with Gasteiger partial charge in [0.1, 0.15) is 51.1 Å². The third kappa shape index (κ3) is 25.5. The molecule has 0 atom stereocenters. The molecule has 12 aromatic rings. The Morgan fingerprint density at radius 3 is 0.612 bits per heavy atom. The van der Waals surface area contributed by atoms with E-state index in [-0.39, 0.29) is 118 Å². The lowest BCUT2D eigenvalue weighted by Gasteiger charge is -2.11. The fourth-order valence-corrected chi connectivity index (χ4v) is 13.8. The molecule has 612 valence electrons. The van der Waals surface area contributed by atoms with Gasteiger partial charge in [-0.1, -0.05) is 180 Å². The first-order valence-electron chi connectivity index (χ1n) is 36.1. The molecule has 0 heterocycles. The lowest BCUT2D eigenvalue weighted by atomic mass is 10.1. The molecule has 0 radical (unpaired) electrons. The molecule has 0 aliphatic heterocycles. The number of aromatic carboxylic acids is 6. The molecule has 12 rings (SSSR count). The number of aryl methyl sites for hydroxylation is 2. The van der Waals surface area contributed by atoms with E-state index in [1.165, 1.54) is 121 Å². The molecule has 29 heteroatoms. The maximum absolute atomic E-state index is 12.8. The number of esters is 6. The number of carboxylic acid groups (broad SMARTS) is 6. The Labute approximate surface area is 702 Å². The third-order valence-electron chi connectivity index (χ3n) is 17.4. The van der Waals surface area contributed by atoms with Gasteiger partial charge >= 0.3 is 71.6 Å². The van der Waals surface area contributed by atoms with Crippen LogP contribution in [-0.4, -0.2) is 112 Å². The Morgan fingerprint density at radius 1 is 0.215 bits per heavy atom. The van der Waals surface area contributed by atoms with Crippen molar-refractivity contribution in [3.05, 3.63) is 378 Å². The summed E-state index contributed by atoms with van der Waals surface area (Å²) in [5, 5.41) is 76.7. The summed E-state index contributed by atoms with van der Waals surface area (Å²) < 4.78 is 31.8. The second-order valence-electron chi connectivity index (χ2n) is 26.1. The highest BCUT2D eigenvalue weighted by Crippen LogP contribution is 2.36. The van der Waals surface area contributed by atoms with Gasteiger partial charge in [-0.3, -0.25) is 0 Å². The van der Waals surface area contributed by atoms with E-state index in [1.54, 1.807) is 84.9 Å². The topological polar surface area (TPSA) is 422 Å². The number of hydrogen-bond acceptors (Lipinski definition) is 23. The molecule has 8 N–H and O–H groups in total. The van der Waals surface area contributed by atoms with Gasteiger partial charge in [-0.15, -0.1) is 0 Å². The van der Waals surface area contributed by atoms with Crippen molar-refractivity contribution in [2.24, 2.45) is 0 Å². The minimum atomic E-state index is -1.36. The lowest BCUT2D eigenvalue weighted by Crippen LogP contribution is -2.12. The number of carboxylic acids is 6. The zero-order valence-electron chi connectivity index (χ0n) is 63.8. The van der Waals surface area contributed by atoms with Crippen molar-refractivity contribution in [3.8, 4) is 11.5 Å². The Hall–Kier alpha value is -15.1. The van der Waals surface area contributed by atoms with Crippen molar-refractivity contribution in [2.75, 3.05) is 0 Å². The highest BCUT2D eigenvalue weighted by Gasteiger charge is 2.27. The molecule has 0 unspecified atom stereocenters. The monoisotopic (exact) mass is 1690 g/mol. The number of aromatic hydroxyl groups is 2. The molecule has 0 aromatic heterocycles. The van der Waals surface area contributed by atoms with Crippen LogP contribution in [0.4, 0.5) is 0 Å². The Bertz CT molecular complexity index is 5630. The van der Waals surface area contributed by atoms with Crippen molar-refractivity contribution >= 4 is 107 Å². The SMILES string of the molecule is Cc1ccc(COC(=O)c2ccc(Sc3ccc(C(=O)O)c(C(=O)OCc4ccc(C)cc4)c3)cc2C(=O)O)cc1.O=C(O)c1cc(Sc2ccc(C(=O)O)c(C(=O)OCc3ccc(O)cc3)c2)ccc1C(=O)OCc1ccc(O)cc1.O=C(O)c1cc(Sc2ccc(C(=O)O)c(C(=O)OCc3ccccc3)c2)ccc1C(=O)OCc1ccccc1. The fourth-order valence-electron chi connectivity index (χ4n) is 11.1. The maximum Gasteiger partial charge on any atom is 0.339 e. The molecule has 0 spiro atoms. The van der Waals surface area contributed by atoms with Crippen molar-refractivity contribution in [2.45, 2.75) is 82.9 Å². The molecule has 0 aliphatic rings. The van der Waals surface area contributed by atoms with E-state index in [0.29, 0.717) is 40.5 Å². The summed E-state index contributed by atoms with van der Waals surface area (Å²) in [5.74, 6) is -12.7. The van der Waals surface area contributed by atoms with E-state index in [9.17, 15) is 98.4 Å². The standard InChI is InChI=1S/C32H26O8S.C30H22O10S.C30H22O8S/c1-19-3-7-21(8-4-19)17-39-31(37)26-14-12-23(15-27(26)30(35)36)41-24-11-13-25(29(33)34)28(16-24)32(38)40-18-22-9-5-20(2)6-10-22;31-19-5-1-17(2-6-19)15-39-29(37)24-12-10-21(13-25(24)28(35)36)41-22-9-11-23(27(33)34)26(14-22)30(38)40-16-18-3-7-20(32)8-4-18;31-27(32)23-13-11-22(16-26(23)30(36)38-18-20-9-5-2-6-10-20)39-21-12-14-24(25(15-21)28(33)34)29(35)37-17-19-7-3-1-4-8-19/h3-16H,17-18H2,1-2H3,(H,33,34)(H,35,36);1-14,31-32H,15-16H2,(H,33,34)(H,35,36);1-16H,17-18H2,(H,31,32)(H,33,34). The number of rotatable bonds is 30. The van der Waals surface area contributed by atoms with E-state index in [2.05, 4.69) is 0 Å². The number of phenols is 2. The van der Waals surface area contributed by atoms with Crippen molar-refractivity contribution in [3.63, 3.8) is 0 Å². The second-order valence-corrected chi connectivity index (χ2v) is 29.6. The van der Waals surface area contributed by atoms with Crippen molar-refractivity contribution in [1.82, 2.24) is 0 Å². The van der Waals surface area contributed by atoms with E-state index in [1.807, 2.05) is 74.5 Å². The number of benzene rings is 12. The molecular formula is C92H70O26S3. The molecule has 0 aliphatic carbocycles. The van der Waals surface area contributed by atoms with Gasteiger partial charge < -0.3 is 69.3 Å². The average Bonchev–Trinajstić information content (AvgIpc) is 0.803. The van der Waals surface area contributed by atoms with Crippen LogP contribution in [0.2, 0.25) is 0 Å². The average molecular weight is 1690 g/mol. The molecule has 26 nitrogen and oxygen atoms in total. The van der Waals surface area contributed by atoms with Gasteiger partial charge in [-0.05, 0) is 181 Å². The number of ether oxygens (including phenoxy) is 6. The van der Waals surface area contributed by atoms with Crippen LogP contribution in [0.25, 0.3) is 0 Å². The summed E-state index contributed by atoms with van der Waals surface area (Å²) in [4.78, 5) is 150. The molecule has 121 heavy (non-hydrogen) atoms. The first-order valence-corrected chi connectivity index (χ1v) is 38.5. The zero-order chi connectivity index (χ0) is 86.8. The summed E-state index contributed by atoms with van der Waals surface area (Å²) in [5.41, 5.74) is 3.97. The predicted octanol–water partition coefficient (Wildman–Crippen LogP) is 17.9. The van der Waals surface area contributed by atoms with Gasteiger partial charge in [-0.2, -0.15) is 0 Å². The summed E-state index contributed by atoms with van der Waals surface area (Å²) >= 11 is 3.25. The summed E-state index contributed by atoms with van der Waals surface area (Å²) in [6, 6.07) is 69.7. The predicted molar refractivity (Wildman–Crippen MR) is 439 cm³/mol. The van der Waals surface area contributed by atoms with Crippen LogP contribution in [0.1, 0.15) is 169 Å². The number of hydrogen-bond donors (Lipinski definition) is 8. The fraction of sp³-hybridized carbons (Fsp3) is 0.0870. The largest absolute Gasteiger partial charge is 0.508 e. The highest BCUT2D eigenvalue weighted by molar-refractivity contribution is 8.00.